The second kappa shape index (κ2) is 5.96. The van der Waals surface area contributed by atoms with Gasteiger partial charge in [0.1, 0.15) is 11.4 Å². The van der Waals surface area contributed by atoms with Crippen molar-refractivity contribution in [2.75, 3.05) is 5.75 Å². The molecule has 2 heterocycles. The average molecular weight is 309 g/mol. The Bertz CT molecular complexity index is 440. The minimum Gasteiger partial charge on any atom is -0.462 e. The summed E-state index contributed by atoms with van der Waals surface area (Å²) in [7, 11) is 0. The van der Waals surface area contributed by atoms with Crippen molar-refractivity contribution in [1.82, 2.24) is 5.32 Å². The molecule has 3 rings (SSSR count). The highest BCUT2D eigenvalue weighted by molar-refractivity contribution is 8.00. The van der Waals surface area contributed by atoms with Gasteiger partial charge in [-0.2, -0.15) is 0 Å². The molecule has 3 aliphatic rings. The maximum Gasteiger partial charge on any atom is 0.319 e. The molecule has 0 spiro atoms. The van der Waals surface area contributed by atoms with E-state index in [2.05, 4.69) is 32.2 Å². The van der Waals surface area contributed by atoms with Crippen LogP contribution in [0.2, 0.25) is 0 Å². The zero-order valence-corrected chi connectivity index (χ0v) is 14.2. The first-order chi connectivity index (χ1) is 9.94. The Hall–Kier alpha value is -0.480. The molecule has 1 saturated carbocycles. The Morgan fingerprint density at radius 1 is 1.38 bits per heavy atom. The number of esters is 1. The van der Waals surface area contributed by atoms with Crippen molar-refractivity contribution >= 4 is 17.7 Å². The van der Waals surface area contributed by atoms with Crippen LogP contribution in [0.3, 0.4) is 0 Å². The number of fused-ring (bicyclic) bond motifs is 1. The van der Waals surface area contributed by atoms with Crippen LogP contribution in [-0.4, -0.2) is 34.7 Å². The van der Waals surface area contributed by atoms with E-state index in [9.17, 15) is 4.79 Å². The summed E-state index contributed by atoms with van der Waals surface area (Å²) >= 11 is 1.76. The third-order valence-corrected chi connectivity index (χ3v) is 6.36. The van der Waals surface area contributed by atoms with Gasteiger partial charge in [-0.05, 0) is 64.5 Å². The summed E-state index contributed by atoms with van der Waals surface area (Å²) < 4.78 is 5.81. The molecule has 3 nitrogen and oxygen atoms in total. The normalized spacial score (nSPS) is 38.5. The molecule has 0 amide bonds. The lowest BCUT2D eigenvalue weighted by Gasteiger charge is -2.45. The van der Waals surface area contributed by atoms with Crippen LogP contribution in [0.15, 0.2) is 11.6 Å². The Balaban J connectivity index is 1.60. The maximum atomic E-state index is 12.2. The SMILES string of the molecule is CC1=CC(C)(C)NC2CCC(OC(=O)C3CCCS3)CC12. The van der Waals surface area contributed by atoms with Crippen LogP contribution < -0.4 is 5.32 Å². The molecule has 2 aliphatic heterocycles. The van der Waals surface area contributed by atoms with Crippen molar-refractivity contribution in [3.63, 3.8) is 0 Å². The number of thioether (sulfide) groups is 1. The zero-order valence-electron chi connectivity index (χ0n) is 13.4. The molecule has 0 bridgehead atoms. The van der Waals surface area contributed by atoms with Gasteiger partial charge in [0.15, 0.2) is 0 Å². The third kappa shape index (κ3) is 3.48. The average Bonchev–Trinajstić information content (AvgIpc) is 2.92. The molecule has 118 valence electrons. The van der Waals surface area contributed by atoms with E-state index in [-0.39, 0.29) is 22.9 Å². The molecular weight excluding hydrogens is 282 g/mol. The lowest BCUT2D eigenvalue weighted by molar-refractivity contribution is -0.150. The molecule has 0 aromatic carbocycles. The molecule has 4 unspecified atom stereocenters. The van der Waals surface area contributed by atoms with E-state index in [1.165, 1.54) is 5.57 Å². The molecule has 1 aliphatic carbocycles. The van der Waals surface area contributed by atoms with Crippen molar-refractivity contribution < 1.29 is 9.53 Å². The van der Waals surface area contributed by atoms with Crippen molar-refractivity contribution in [2.24, 2.45) is 5.92 Å². The molecule has 21 heavy (non-hydrogen) atoms. The summed E-state index contributed by atoms with van der Waals surface area (Å²) in [4.78, 5) is 12.2. The van der Waals surface area contributed by atoms with Crippen molar-refractivity contribution in [2.45, 2.75) is 75.8 Å². The van der Waals surface area contributed by atoms with Gasteiger partial charge in [-0.1, -0.05) is 11.6 Å². The van der Waals surface area contributed by atoms with Gasteiger partial charge in [0.05, 0.1) is 0 Å². The smallest absolute Gasteiger partial charge is 0.319 e. The maximum absolute atomic E-state index is 12.2. The predicted molar refractivity (Wildman–Crippen MR) is 87.5 cm³/mol. The second-order valence-electron chi connectivity index (χ2n) is 7.34. The van der Waals surface area contributed by atoms with Gasteiger partial charge in [0.25, 0.3) is 0 Å². The van der Waals surface area contributed by atoms with Crippen LogP contribution in [0.25, 0.3) is 0 Å². The van der Waals surface area contributed by atoms with Crippen LogP contribution in [0.1, 0.15) is 52.9 Å². The number of carbonyl (C=O) groups excluding carboxylic acids is 1. The molecule has 0 radical (unpaired) electrons. The molecule has 1 saturated heterocycles. The summed E-state index contributed by atoms with van der Waals surface area (Å²) in [6.07, 6.45) is 7.70. The quantitative estimate of drug-likeness (QED) is 0.627. The van der Waals surface area contributed by atoms with E-state index < -0.39 is 0 Å². The summed E-state index contributed by atoms with van der Waals surface area (Å²) in [5, 5.41) is 3.83. The Kier molecular flexibility index (Phi) is 4.37. The number of carbonyl (C=O) groups is 1. The van der Waals surface area contributed by atoms with Crippen molar-refractivity contribution in [3.8, 4) is 0 Å². The van der Waals surface area contributed by atoms with E-state index in [0.29, 0.717) is 12.0 Å². The molecule has 1 N–H and O–H groups in total. The topological polar surface area (TPSA) is 38.3 Å². The summed E-state index contributed by atoms with van der Waals surface area (Å²) in [6.45, 7) is 6.70. The van der Waals surface area contributed by atoms with E-state index in [1.54, 1.807) is 11.8 Å². The first kappa shape index (κ1) is 15.4. The molecule has 0 aromatic heterocycles. The highest BCUT2D eigenvalue weighted by Gasteiger charge is 2.39. The highest BCUT2D eigenvalue weighted by atomic mass is 32.2. The fourth-order valence-electron chi connectivity index (χ4n) is 4.11. The van der Waals surface area contributed by atoms with Crippen molar-refractivity contribution in [3.05, 3.63) is 11.6 Å². The first-order valence-electron chi connectivity index (χ1n) is 8.24. The van der Waals surface area contributed by atoms with Gasteiger partial charge >= 0.3 is 5.97 Å². The second-order valence-corrected chi connectivity index (χ2v) is 8.65. The number of rotatable bonds is 2. The van der Waals surface area contributed by atoms with Gasteiger partial charge in [-0.15, -0.1) is 11.8 Å². The van der Waals surface area contributed by atoms with Crippen molar-refractivity contribution in [1.29, 1.82) is 0 Å². The van der Waals surface area contributed by atoms with Gasteiger partial charge < -0.3 is 10.1 Å². The van der Waals surface area contributed by atoms with E-state index in [4.69, 9.17) is 4.74 Å². The number of hydrogen-bond donors (Lipinski definition) is 1. The van der Waals surface area contributed by atoms with Crippen LogP contribution >= 0.6 is 11.8 Å². The minimum atomic E-state index is 0.0340. The minimum absolute atomic E-state index is 0.0340. The fraction of sp³-hybridized carbons (Fsp3) is 0.824. The largest absolute Gasteiger partial charge is 0.462 e. The zero-order chi connectivity index (χ0) is 15.0. The summed E-state index contributed by atoms with van der Waals surface area (Å²) in [6, 6.07) is 0.542. The van der Waals surface area contributed by atoms with Gasteiger partial charge in [-0.3, -0.25) is 4.79 Å². The highest BCUT2D eigenvalue weighted by Crippen LogP contribution is 2.37. The third-order valence-electron chi connectivity index (χ3n) is 5.01. The fourth-order valence-corrected chi connectivity index (χ4v) is 5.26. The lowest BCUT2D eigenvalue weighted by atomic mass is 9.74. The molecule has 4 atom stereocenters. The Morgan fingerprint density at radius 3 is 2.90 bits per heavy atom. The van der Waals surface area contributed by atoms with Gasteiger partial charge in [0.2, 0.25) is 0 Å². The number of nitrogens with one attached hydrogen (secondary N) is 1. The summed E-state index contributed by atoms with van der Waals surface area (Å²) in [5.41, 5.74) is 1.55. The molecular formula is C17H27NO2S. The van der Waals surface area contributed by atoms with Gasteiger partial charge in [-0.25, -0.2) is 0 Å². The van der Waals surface area contributed by atoms with Crippen LogP contribution in [0.5, 0.6) is 0 Å². The standard InChI is InChI=1S/C17H27NO2S/c1-11-10-17(2,3)18-14-7-6-12(9-13(11)14)20-16(19)15-5-4-8-21-15/h10,12-15,18H,4-9H2,1-3H3. The van der Waals surface area contributed by atoms with Gasteiger partial charge in [0, 0.05) is 11.6 Å². The summed E-state index contributed by atoms with van der Waals surface area (Å²) in [5.74, 6) is 1.67. The van der Waals surface area contributed by atoms with E-state index in [1.807, 2.05) is 0 Å². The Labute approximate surface area is 132 Å². The van der Waals surface area contributed by atoms with E-state index >= 15 is 0 Å². The molecule has 0 aromatic rings. The van der Waals surface area contributed by atoms with E-state index in [0.717, 1.165) is 37.9 Å². The number of hydrogen-bond acceptors (Lipinski definition) is 4. The monoisotopic (exact) mass is 309 g/mol. The van der Waals surface area contributed by atoms with Crippen LogP contribution in [0, 0.1) is 5.92 Å². The molecule has 4 heteroatoms. The Morgan fingerprint density at radius 2 is 2.19 bits per heavy atom. The van der Waals surface area contributed by atoms with Crippen LogP contribution in [-0.2, 0) is 9.53 Å². The number of ether oxygens (including phenoxy) is 1. The van der Waals surface area contributed by atoms with Crippen LogP contribution in [0.4, 0.5) is 0 Å². The lowest BCUT2D eigenvalue weighted by Crippen LogP contribution is -2.54. The predicted octanol–water partition coefficient (Wildman–Crippen LogP) is 3.29. The first-order valence-corrected chi connectivity index (χ1v) is 9.29. The molecule has 2 fully saturated rings.